The van der Waals surface area contributed by atoms with Gasteiger partial charge in [-0.2, -0.15) is 0 Å². The van der Waals surface area contributed by atoms with E-state index >= 15 is 0 Å². The maximum absolute atomic E-state index is 6.40. The molecule has 0 amide bonds. The number of benzene rings is 1. The van der Waals surface area contributed by atoms with E-state index in [9.17, 15) is 0 Å². The SMILES string of the molecule is CC[C@@H]1CSC2=N[C@H](c3ccccn3)[C@@H](c3ccc(-c4ccc(Cl)cc4Cl)o3)N21. The molecule has 2 aliphatic heterocycles. The molecule has 0 bridgehead atoms. The van der Waals surface area contributed by atoms with E-state index in [-0.39, 0.29) is 12.1 Å². The van der Waals surface area contributed by atoms with E-state index in [0.29, 0.717) is 16.1 Å². The van der Waals surface area contributed by atoms with Crippen molar-refractivity contribution in [3.8, 4) is 11.3 Å². The van der Waals surface area contributed by atoms with Crippen molar-refractivity contribution >= 4 is 40.1 Å². The van der Waals surface area contributed by atoms with Gasteiger partial charge in [-0.1, -0.05) is 48.0 Å². The quantitative estimate of drug-likeness (QED) is 0.453. The summed E-state index contributed by atoms with van der Waals surface area (Å²) in [7, 11) is 0. The van der Waals surface area contributed by atoms with Crippen LogP contribution in [-0.4, -0.2) is 26.8 Å². The number of pyridine rings is 1. The van der Waals surface area contributed by atoms with Crippen molar-refractivity contribution in [3.05, 3.63) is 76.2 Å². The van der Waals surface area contributed by atoms with Gasteiger partial charge in [0.15, 0.2) is 5.17 Å². The largest absolute Gasteiger partial charge is 0.459 e. The summed E-state index contributed by atoms with van der Waals surface area (Å²) in [5, 5.41) is 2.26. The molecule has 4 heterocycles. The first-order valence-corrected chi connectivity index (χ1v) is 11.3. The zero-order valence-electron chi connectivity index (χ0n) is 15.8. The Balaban J connectivity index is 1.56. The predicted octanol–water partition coefficient (Wildman–Crippen LogP) is 6.63. The average Bonchev–Trinajstić information content (AvgIpc) is 3.43. The molecule has 3 atom stereocenters. The summed E-state index contributed by atoms with van der Waals surface area (Å²) < 4.78 is 6.35. The third-order valence-electron chi connectivity index (χ3n) is 5.44. The van der Waals surface area contributed by atoms with Gasteiger partial charge in [0, 0.05) is 28.6 Å². The second-order valence-corrected chi connectivity index (χ2v) is 8.99. The summed E-state index contributed by atoms with van der Waals surface area (Å²) in [6, 6.07) is 15.8. The van der Waals surface area contributed by atoms with Gasteiger partial charge in [-0.25, -0.2) is 4.99 Å². The van der Waals surface area contributed by atoms with Crippen molar-refractivity contribution in [2.45, 2.75) is 31.5 Å². The first-order chi connectivity index (χ1) is 14.2. The number of hydrogen-bond donors (Lipinski definition) is 0. The smallest absolute Gasteiger partial charge is 0.161 e. The Bertz CT molecular complexity index is 1070. The van der Waals surface area contributed by atoms with Gasteiger partial charge in [0.2, 0.25) is 0 Å². The van der Waals surface area contributed by atoms with Crippen molar-refractivity contribution < 1.29 is 4.42 Å². The van der Waals surface area contributed by atoms with Gasteiger partial charge in [0.25, 0.3) is 0 Å². The van der Waals surface area contributed by atoms with Gasteiger partial charge in [-0.3, -0.25) is 4.98 Å². The van der Waals surface area contributed by atoms with E-state index < -0.39 is 0 Å². The first-order valence-electron chi connectivity index (χ1n) is 9.60. The zero-order valence-corrected chi connectivity index (χ0v) is 18.1. The van der Waals surface area contributed by atoms with Crippen molar-refractivity contribution in [3.63, 3.8) is 0 Å². The minimum Gasteiger partial charge on any atom is -0.459 e. The van der Waals surface area contributed by atoms with Crippen LogP contribution in [0.1, 0.15) is 36.9 Å². The number of nitrogens with zero attached hydrogens (tertiary/aromatic N) is 3. The maximum Gasteiger partial charge on any atom is 0.161 e. The molecule has 1 fully saturated rings. The van der Waals surface area contributed by atoms with Crippen molar-refractivity contribution in [1.82, 2.24) is 9.88 Å². The third kappa shape index (κ3) is 3.35. The molecule has 7 heteroatoms. The maximum atomic E-state index is 6.40. The van der Waals surface area contributed by atoms with Gasteiger partial charge in [0.05, 0.1) is 10.7 Å². The summed E-state index contributed by atoms with van der Waals surface area (Å²) >= 11 is 14.3. The molecule has 0 aliphatic carbocycles. The van der Waals surface area contributed by atoms with Gasteiger partial charge in [-0.15, -0.1) is 0 Å². The summed E-state index contributed by atoms with van der Waals surface area (Å²) in [5.41, 5.74) is 1.79. The van der Waals surface area contributed by atoms with Crippen LogP contribution in [0.25, 0.3) is 11.3 Å². The van der Waals surface area contributed by atoms with Crippen LogP contribution in [0.2, 0.25) is 10.0 Å². The predicted molar refractivity (Wildman–Crippen MR) is 120 cm³/mol. The Morgan fingerprint density at radius 2 is 2.07 bits per heavy atom. The van der Waals surface area contributed by atoms with Gasteiger partial charge < -0.3 is 9.32 Å². The van der Waals surface area contributed by atoms with Crippen LogP contribution in [0, 0.1) is 0 Å². The zero-order chi connectivity index (χ0) is 20.0. The number of hydrogen-bond acceptors (Lipinski definition) is 5. The molecule has 4 nitrogen and oxygen atoms in total. The lowest BCUT2D eigenvalue weighted by molar-refractivity contribution is 0.226. The monoisotopic (exact) mass is 443 g/mol. The Labute approximate surface area is 183 Å². The number of amidine groups is 1. The van der Waals surface area contributed by atoms with Crippen molar-refractivity contribution in [1.29, 1.82) is 0 Å². The van der Waals surface area contributed by atoms with Crippen molar-refractivity contribution in [2.75, 3.05) is 5.75 Å². The molecule has 1 aromatic carbocycles. The Morgan fingerprint density at radius 3 is 2.83 bits per heavy atom. The molecule has 2 aliphatic rings. The number of fused-ring (bicyclic) bond motifs is 1. The number of aromatic nitrogens is 1. The van der Waals surface area contributed by atoms with Crippen LogP contribution < -0.4 is 0 Å². The molecular formula is C22H19Cl2N3OS. The summed E-state index contributed by atoms with van der Waals surface area (Å²) in [5.74, 6) is 2.66. The minimum atomic E-state index is -0.0901. The molecule has 0 unspecified atom stereocenters. The molecule has 3 aromatic rings. The lowest BCUT2D eigenvalue weighted by atomic mass is 10.0. The molecule has 2 aromatic heterocycles. The second-order valence-electron chi connectivity index (χ2n) is 7.16. The van der Waals surface area contributed by atoms with E-state index in [2.05, 4.69) is 16.8 Å². The van der Waals surface area contributed by atoms with Crippen LogP contribution in [0.4, 0.5) is 0 Å². The lowest BCUT2D eigenvalue weighted by Crippen LogP contribution is -2.35. The number of rotatable bonds is 4. The van der Waals surface area contributed by atoms with Gasteiger partial charge in [-0.05, 0) is 48.9 Å². The third-order valence-corrected chi connectivity index (χ3v) is 7.12. The molecule has 0 saturated carbocycles. The standard InChI is InChI=1S/C22H19Cl2N3OS/c1-2-14-12-29-22-26-20(17-5-3-4-10-25-17)21(27(14)22)19-9-8-18(28-19)15-7-6-13(23)11-16(15)24/h3-11,14,20-21H,2,12H2,1H3/t14-,20-,21-/m1/s1. The molecule has 1 saturated heterocycles. The summed E-state index contributed by atoms with van der Waals surface area (Å²) in [6.45, 7) is 2.22. The van der Waals surface area contributed by atoms with E-state index in [4.69, 9.17) is 32.6 Å². The van der Waals surface area contributed by atoms with Crippen molar-refractivity contribution in [2.24, 2.45) is 4.99 Å². The second kappa shape index (κ2) is 7.71. The minimum absolute atomic E-state index is 0.0142. The number of halogens is 2. The topological polar surface area (TPSA) is 41.6 Å². The van der Waals surface area contributed by atoms with E-state index in [0.717, 1.165) is 40.1 Å². The first kappa shape index (κ1) is 19.0. The summed E-state index contributed by atoms with van der Waals surface area (Å²) in [4.78, 5) is 12.0. The lowest BCUT2D eigenvalue weighted by Gasteiger charge is -2.30. The van der Waals surface area contributed by atoms with Crippen LogP contribution in [0.5, 0.6) is 0 Å². The number of aliphatic imine (C=N–C) groups is 1. The van der Waals surface area contributed by atoms with Gasteiger partial charge in [0.1, 0.15) is 23.6 Å². The highest BCUT2D eigenvalue weighted by atomic mass is 35.5. The molecule has 148 valence electrons. The van der Waals surface area contributed by atoms with E-state index in [1.54, 1.807) is 6.07 Å². The van der Waals surface area contributed by atoms with Crippen LogP contribution in [0.3, 0.4) is 0 Å². The normalized spacial score (nSPS) is 23.3. The van der Waals surface area contributed by atoms with Crippen LogP contribution in [0.15, 0.2) is 64.1 Å². The van der Waals surface area contributed by atoms with E-state index in [1.807, 2.05) is 60.4 Å². The fourth-order valence-electron chi connectivity index (χ4n) is 4.01. The molecule has 29 heavy (non-hydrogen) atoms. The molecule has 5 rings (SSSR count). The van der Waals surface area contributed by atoms with Gasteiger partial charge >= 0.3 is 0 Å². The Kier molecular flexibility index (Phi) is 5.06. The fourth-order valence-corrected chi connectivity index (χ4v) is 5.84. The molecule has 0 radical (unpaired) electrons. The van der Waals surface area contributed by atoms with Crippen LogP contribution in [-0.2, 0) is 0 Å². The fraction of sp³-hybridized carbons (Fsp3) is 0.273. The number of thioether (sulfide) groups is 1. The molecule has 0 N–H and O–H groups in total. The Hall–Kier alpha value is -1.95. The highest BCUT2D eigenvalue weighted by Gasteiger charge is 2.46. The highest BCUT2D eigenvalue weighted by Crippen LogP contribution is 2.49. The van der Waals surface area contributed by atoms with Crippen LogP contribution >= 0.6 is 35.0 Å². The summed E-state index contributed by atoms with van der Waals surface area (Å²) in [6.07, 6.45) is 2.88. The molecule has 0 spiro atoms. The van der Waals surface area contributed by atoms with E-state index in [1.165, 1.54) is 0 Å². The average molecular weight is 444 g/mol. The Morgan fingerprint density at radius 1 is 1.17 bits per heavy atom. The highest BCUT2D eigenvalue weighted by molar-refractivity contribution is 8.14. The number of furan rings is 1. The molecular weight excluding hydrogens is 425 g/mol.